The van der Waals surface area contributed by atoms with Gasteiger partial charge in [-0.25, -0.2) is 8.78 Å². The molecule has 0 fully saturated rings. The van der Waals surface area contributed by atoms with Crippen LogP contribution in [-0.4, -0.2) is 12.9 Å². The maximum absolute atomic E-state index is 13.1. The molecule has 0 aliphatic rings. The molecule has 20 heavy (non-hydrogen) atoms. The number of hydrogen-bond acceptors (Lipinski definition) is 2. The molecular weight excluding hydrogens is 260 g/mol. The zero-order valence-electron chi connectivity index (χ0n) is 11.0. The van der Waals surface area contributed by atoms with E-state index < -0.39 is 11.6 Å². The number of nitrogens with one attached hydrogen (secondary N) is 1. The molecule has 3 nitrogen and oxygen atoms in total. The van der Waals surface area contributed by atoms with Crippen molar-refractivity contribution >= 4 is 11.5 Å². The molecule has 0 radical (unpaired) electrons. The standard InChI is InChI=1S/C15H15F2N3/c1-20(9-10-6-12(16)8-13(17)7-10)14-4-2-11(3-5-14)15(18)19/h2-8H,9H2,1H3,(H3,18,19). The largest absolute Gasteiger partial charge is 0.384 e. The second-order valence-corrected chi connectivity index (χ2v) is 4.59. The molecule has 0 heterocycles. The predicted molar refractivity (Wildman–Crippen MR) is 75.9 cm³/mol. The van der Waals surface area contributed by atoms with Crippen LogP contribution in [0.1, 0.15) is 11.1 Å². The third kappa shape index (κ3) is 3.32. The van der Waals surface area contributed by atoms with Crippen LogP contribution in [0.3, 0.4) is 0 Å². The highest BCUT2D eigenvalue weighted by molar-refractivity contribution is 5.95. The molecular formula is C15H15F2N3. The minimum atomic E-state index is -0.583. The SMILES string of the molecule is CN(Cc1cc(F)cc(F)c1)c1ccc(C(=N)N)cc1. The lowest BCUT2D eigenvalue weighted by Crippen LogP contribution is -2.17. The fourth-order valence-electron chi connectivity index (χ4n) is 1.96. The first-order valence-corrected chi connectivity index (χ1v) is 6.06. The number of hydrogen-bond donors (Lipinski definition) is 2. The fourth-order valence-corrected chi connectivity index (χ4v) is 1.96. The van der Waals surface area contributed by atoms with Gasteiger partial charge in [-0.2, -0.15) is 0 Å². The topological polar surface area (TPSA) is 53.1 Å². The highest BCUT2D eigenvalue weighted by Crippen LogP contribution is 2.17. The van der Waals surface area contributed by atoms with E-state index in [9.17, 15) is 8.78 Å². The third-order valence-electron chi connectivity index (χ3n) is 2.96. The molecule has 0 bridgehead atoms. The molecule has 5 heteroatoms. The fraction of sp³-hybridized carbons (Fsp3) is 0.133. The summed E-state index contributed by atoms with van der Waals surface area (Å²) in [7, 11) is 1.82. The van der Waals surface area contributed by atoms with Crippen LogP contribution < -0.4 is 10.6 Å². The number of halogens is 2. The van der Waals surface area contributed by atoms with E-state index in [0.29, 0.717) is 17.7 Å². The maximum Gasteiger partial charge on any atom is 0.126 e. The van der Waals surface area contributed by atoms with Crippen LogP contribution in [-0.2, 0) is 6.54 Å². The molecule has 0 unspecified atom stereocenters. The number of amidine groups is 1. The molecule has 104 valence electrons. The van der Waals surface area contributed by atoms with Gasteiger partial charge in [-0.3, -0.25) is 5.41 Å². The Hall–Kier alpha value is -2.43. The Morgan fingerprint density at radius 3 is 2.15 bits per heavy atom. The first-order chi connectivity index (χ1) is 9.45. The van der Waals surface area contributed by atoms with E-state index >= 15 is 0 Å². The van der Waals surface area contributed by atoms with Crippen LogP contribution in [0.4, 0.5) is 14.5 Å². The van der Waals surface area contributed by atoms with Gasteiger partial charge >= 0.3 is 0 Å². The lowest BCUT2D eigenvalue weighted by atomic mass is 10.1. The van der Waals surface area contributed by atoms with Gasteiger partial charge in [0.2, 0.25) is 0 Å². The summed E-state index contributed by atoms with van der Waals surface area (Å²) in [6.45, 7) is 0.383. The number of benzene rings is 2. The zero-order valence-corrected chi connectivity index (χ0v) is 11.0. The minimum absolute atomic E-state index is 0.00593. The molecule has 2 aromatic carbocycles. The number of nitrogens with two attached hydrogens (primary N) is 1. The van der Waals surface area contributed by atoms with Crippen molar-refractivity contribution < 1.29 is 8.78 Å². The van der Waals surface area contributed by atoms with Crippen molar-refractivity contribution in [1.29, 1.82) is 5.41 Å². The zero-order chi connectivity index (χ0) is 14.7. The second-order valence-electron chi connectivity index (χ2n) is 4.59. The summed E-state index contributed by atoms with van der Waals surface area (Å²) in [5.41, 5.74) is 7.45. The van der Waals surface area contributed by atoms with E-state index in [1.165, 1.54) is 12.1 Å². The molecule has 0 aromatic heterocycles. The van der Waals surface area contributed by atoms with Crippen LogP contribution >= 0.6 is 0 Å². The van der Waals surface area contributed by atoms with Crippen molar-refractivity contribution in [2.75, 3.05) is 11.9 Å². The minimum Gasteiger partial charge on any atom is -0.384 e. The van der Waals surface area contributed by atoms with Gasteiger partial charge in [0.05, 0.1) is 0 Å². The van der Waals surface area contributed by atoms with Crippen LogP contribution in [0.25, 0.3) is 0 Å². The normalized spacial score (nSPS) is 10.3. The highest BCUT2D eigenvalue weighted by atomic mass is 19.1. The first kappa shape index (κ1) is 14.0. The van der Waals surface area contributed by atoms with E-state index in [1.807, 2.05) is 24.1 Å². The lowest BCUT2D eigenvalue weighted by molar-refractivity contribution is 0.579. The Morgan fingerprint density at radius 1 is 1.10 bits per heavy atom. The highest BCUT2D eigenvalue weighted by Gasteiger charge is 2.06. The van der Waals surface area contributed by atoms with Gasteiger partial charge in [0.15, 0.2) is 0 Å². The van der Waals surface area contributed by atoms with Crippen molar-refractivity contribution in [3.63, 3.8) is 0 Å². The van der Waals surface area contributed by atoms with Gasteiger partial charge in [0, 0.05) is 30.9 Å². The molecule has 0 saturated carbocycles. The van der Waals surface area contributed by atoms with Gasteiger partial charge in [0.1, 0.15) is 17.5 Å². The molecule has 0 atom stereocenters. The lowest BCUT2D eigenvalue weighted by Gasteiger charge is -2.19. The Morgan fingerprint density at radius 2 is 1.65 bits per heavy atom. The smallest absolute Gasteiger partial charge is 0.126 e. The quantitative estimate of drug-likeness (QED) is 0.666. The van der Waals surface area contributed by atoms with Gasteiger partial charge in [-0.1, -0.05) is 0 Å². The Kier molecular flexibility index (Phi) is 3.98. The molecule has 2 aromatic rings. The molecule has 0 amide bonds. The average molecular weight is 275 g/mol. The van der Waals surface area contributed by atoms with Crippen molar-refractivity contribution in [3.05, 3.63) is 65.2 Å². The van der Waals surface area contributed by atoms with E-state index in [0.717, 1.165) is 11.8 Å². The van der Waals surface area contributed by atoms with Crippen LogP contribution in [0.5, 0.6) is 0 Å². The van der Waals surface area contributed by atoms with E-state index in [2.05, 4.69) is 0 Å². The number of nitrogens with zero attached hydrogens (tertiary/aromatic N) is 1. The summed E-state index contributed by atoms with van der Waals surface area (Å²) in [6.07, 6.45) is 0. The van der Waals surface area contributed by atoms with E-state index in [-0.39, 0.29) is 5.84 Å². The third-order valence-corrected chi connectivity index (χ3v) is 2.96. The summed E-state index contributed by atoms with van der Waals surface area (Å²) in [5, 5.41) is 7.32. The Bertz CT molecular complexity index is 603. The van der Waals surface area contributed by atoms with Gasteiger partial charge in [-0.15, -0.1) is 0 Å². The summed E-state index contributed by atoms with van der Waals surface area (Å²) in [4.78, 5) is 1.86. The molecule has 0 spiro atoms. The summed E-state index contributed by atoms with van der Waals surface area (Å²) in [6, 6.07) is 10.6. The monoisotopic (exact) mass is 275 g/mol. The molecule has 2 rings (SSSR count). The predicted octanol–water partition coefficient (Wildman–Crippen LogP) is 2.89. The molecule has 0 saturated heterocycles. The van der Waals surface area contributed by atoms with Crippen molar-refractivity contribution in [2.24, 2.45) is 5.73 Å². The van der Waals surface area contributed by atoms with E-state index in [4.69, 9.17) is 11.1 Å². The summed E-state index contributed by atoms with van der Waals surface area (Å²) in [5.74, 6) is -1.16. The summed E-state index contributed by atoms with van der Waals surface area (Å²) < 4.78 is 26.3. The average Bonchev–Trinajstić information content (AvgIpc) is 2.37. The number of nitrogen functional groups attached to an aromatic ring is 1. The van der Waals surface area contributed by atoms with Gasteiger partial charge in [-0.05, 0) is 42.0 Å². The van der Waals surface area contributed by atoms with Crippen molar-refractivity contribution in [1.82, 2.24) is 0 Å². The maximum atomic E-state index is 13.1. The van der Waals surface area contributed by atoms with Gasteiger partial charge in [0.25, 0.3) is 0 Å². The first-order valence-electron chi connectivity index (χ1n) is 6.06. The Labute approximate surface area is 116 Å². The van der Waals surface area contributed by atoms with Crippen molar-refractivity contribution in [2.45, 2.75) is 6.54 Å². The molecule has 3 N–H and O–H groups in total. The second kappa shape index (κ2) is 5.69. The van der Waals surface area contributed by atoms with Crippen molar-refractivity contribution in [3.8, 4) is 0 Å². The van der Waals surface area contributed by atoms with Gasteiger partial charge < -0.3 is 10.6 Å². The van der Waals surface area contributed by atoms with Crippen LogP contribution in [0.15, 0.2) is 42.5 Å². The molecule has 0 aliphatic carbocycles. The molecule has 0 aliphatic heterocycles. The number of rotatable bonds is 4. The summed E-state index contributed by atoms with van der Waals surface area (Å²) >= 11 is 0. The Balaban J connectivity index is 2.14. The van der Waals surface area contributed by atoms with Crippen LogP contribution in [0, 0.1) is 17.0 Å². The van der Waals surface area contributed by atoms with E-state index in [1.54, 1.807) is 12.1 Å². The number of anilines is 1. The van der Waals surface area contributed by atoms with Crippen LogP contribution in [0.2, 0.25) is 0 Å².